The van der Waals surface area contributed by atoms with Gasteiger partial charge in [-0.05, 0) is 37.5 Å². The van der Waals surface area contributed by atoms with Crippen molar-refractivity contribution in [3.8, 4) is 5.75 Å². The van der Waals surface area contributed by atoms with Crippen LogP contribution in [0.25, 0.3) is 0 Å². The number of ether oxygens (including phenoxy) is 1. The molecule has 0 aromatic heterocycles. The van der Waals surface area contributed by atoms with E-state index in [2.05, 4.69) is 0 Å². The Kier molecular flexibility index (Phi) is 5.01. The normalized spacial score (nSPS) is 16.5. The van der Waals surface area contributed by atoms with Crippen LogP contribution in [0.1, 0.15) is 31.7 Å². The number of aliphatic hydroxyl groups excluding tert-OH is 1. The van der Waals surface area contributed by atoms with Crippen molar-refractivity contribution >= 4 is 10.0 Å². The molecule has 20 heavy (non-hydrogen) atoms. The smallest absolute Gasteiger partial charge is 0.243 e. The lowest BCUT2D eigenvalue weighted by Crippen LogP contribution is -2.27. The maximum atomic E-state index is 12.4. The number of rotatable bonds is 6. The highest BCUT2D eigenvalue weighted by Crippen LogP contribution is 2.26. The summed E-state index contributed by atoms with van der Waals surface area (Å²) in [7, 11) is -3.44. The number of nitrogens with zero attached hydrogens (tertiary/aromatic N) is 1. The van der Waals surface area contributed by atoms with Gasteiger partial charge < -0.3 is 9.84 Å². The number of hydrogen-bond donors (Lipinski definition) is 1. The van der Waals surface area contributed by atoms with E-state index in [9.17, 15) is 13.5 Å². The van der Waals surface area contributed by atoms with Crippen molar-refractivity contribution < 1.29 is 18.3 Å². The molecule has 2 rings (SSSR count). The second-order valence-corrected chi connectivity index (χ2v) is 6.83. The summed E-state index contributed by atoms with van der Waals surface area (Å²) in [5.41, 5.74) is 0.513. The lowest BCUT2D eigenvalue weighted by molar-refractivity contribution is 0.262. The quantitative estimate of drug-likeness (QED) is 0.869. The van der Waals surface area contributed by atoms with Gasteiger partial charge in [0.1, 0.15) is 5.75 Å². The first-order chi connectivity index (χ1) is 9.59. The van der Waals surface area contributed by atoms with Crippen molar-refractivity contribution in [2.24, 2.45) is 0 Å². The predicted octanol–water partition coefficient (Wildman–Crippen LogP) is 1.75. The van der Waals surface area contributed by atoms with Crippen LogP contribution in [-0.2, 0) is 16.6 Å². The molecule has 0 unspecified atom stereocenters. The Labute approximate surface area is 120 Å². The molecule has 0 amide bonds. The molecule has 6 heteroatoms. The summed E-state index contributed by atoms with van der Waals surface area (Å²) in [6.07, 6.45) is 2.67. The van der Waals surface area contributed by atoms with Gasteiger partial charge in [-0.15, -0.1) is 0 Å². The zero-order valence-electron chi connectivity index (χ0n) is 11.7. The molecule has 0 aliphatic carbocycles. The zero-order chi connectivity index (χ0) is 14.6. The van der Waals surface area contributed by atoms with E-state index in [0.29, 0.717) is 31.0 Å². The SMILES string of the molecule is CCCOc1ccc(S(=O)(=O)N2CCCC2)cc1CO. The second kappa shape index (κ2) is 6.56. The number of sulfonamides is 1. The molecule has 1 aliphatic heterocycles. The van der Waals surface area contributed by atoms with Crippen LogP contribution in [0.15, 0.2) is 23.1 Å². The van der Waals surface area contributed by atoms with Crippen molar-refractivity contribution in [1.82, 2.24) is 4.31 Å². The maximum Gasteiger partial charge on any atom is 0.243 e. The largest absolute Gasteiger partial charge is 0.493 e. The summed E-state index contributed by atoms with van der Waals surface area (Å²) < 4.78 is 31.9. The minimum Gasteiger partial charge on any atom is -0.493 e. The van der Waals surface area contributed by atoms with E-state index < -0.39 is 10.0 Å². The molecule has 1 aliphatic rings. The van der Waals surface area contributed by atoms with Gasteiger partial charge in [0, 0.05) is 18.7 Å². The predicted molar refractivity (Wildman–Crippen MR) is 76.1 cm³/mol. The van der Waals surface area contributed by atoms with Crippen molar-refractivity contribution in [3.63, 3.8) is 0 Å². The van der Waals surface area contributed by atoms with E-state index in [-0.39, 0.29) is 11.5 Å². The van der Waals surface area contributed by atoms with Gasteiger partial charge in [0.15, 0.2) is 0 Å². The molecule has 1 heterocycles. The highest BCUT2D eigenvalue weighted by Gasteiger charge is 2.27. The highest BCUT2D eigenvalue weighted by atomic mass is 32.2. The first kappa shape index (κ1) is 15.3. The van der Waals surface area contributed by atoms with E-state index in [4.69, 9.17) is 4.74 Å². The van der Waals surface area contributed by atoms with Gasteiger partial charge in [-0.1, -0.05) is 6.92 Å². The van der Waals surface area contributed by atoms with Crippen molar-refractivity contribution in [1.29, 1.82) is 0 Å². The Hall–Kier alpha value is -1.11. The molecule has 1 N–H and O–H groups in total. The minimum atomic E-state index is -3.44. The van der Waals surface area contributed by atoms with Gasteiger partial charge in [0.2, 0.25) is 10.0 Å². The molecule has 0 bridgehead atoms. The van der Waals surface area contributed by atoms with E-state index >= 15 is 0 Å². The third kappa shape index (κ3) is 3.13. The third-order valence-electron chi connectivity index (χ3n) is 3.37. The van der Waals surface area contributed by atoms with Crippen molar-refractivity contribution in [2.45, 2.75) is 37.7 Å². The van der Waals surface area contributed by atoms with Crippen LogP contribution in [0.5, 0.6) is 5.75 Å². The summed E-state index contributed by atoms with van der Waals surface area (Å²) in [5, 5.41) is 9.38. The Balaban J connectivity index is 2.28. The average Bonchev–Trinajstić information content (AvgIpc) is 2.99. The molecule has 112 valence electrons. The standard InChI is InChI=1S/C14H21NO4S/c1-2-9-19-14-6-5-13(10-12(14)11-16)20(17,18)15-7-3-4-8-15/h5-6,10,16H,2-4,7-9,11H2,1H3. The molecule has 0 saturated carbocycles. The van der Waals surface area contributed by atoms with Crippen LogP contribution in [0.3, 0.4) is 0 Å². The summed E-state index contributed by atoms with van der Waals surface area (Å²) in [6, 6.07) is 4.70. The second-order valence-electron chi connectivity index (χ2n) is 4.89. The molecule has 1 fully saturated rings. The van der Waals surface area contributed by atoms with Gasteiger partial charge >= 0.3 is 0 Å². The fourth-order valence-electron chi connectivity index (χ4n) is 2.27. The van der Waals surface area contributed by atoms with E-state index in [1.807, 2.05) is 6.92 Å². The van der Waals surface area contributed by atoms with Crippen LogP contribution in [-0.4, -0.2) is 37.5 Å². The van der Waals surface area contributed by atoms with Gasteiger partial charge in [0.05, 0.1) is 18.1 Å². The molecule has 5 nitrogen and oxygen atoms in total. The lowest BCUT2D eigenvalue weighted by Gasteiger charge is -2.17. The minimum absolute atomic E-state index is 0.229. The van der Waals surface area contributed by atoms with E-state index in [0.717, 1.165) is 19.3 Å². The lowest BCUT2D eigenvalue weighted by atomic mass is 10.2. The maximum absolute atomic E-state index is 12.4. The number of benzene rings is 1. The highest BCUT2D eigenvalue weighted by molar-refractivity contribution is 7.89. The molecule has 1 saturated heterocycles. The van der Waals surface area contributed by atoms with Crippen molar-refractivity contribution in [3.05, 3.63) is 23.8 Å². The molecule has 0 atom stereocenters. The molecule has 1 aromatic rings. The first-order valence-corrected chi connectivity index (χ1v) is 8.40. The Morgan fingerprint density at radius 3 is 2.60 bits per heavy atom. The van der Waals surface area contributed by atoms with Crippen LogP contribution < -0.4 is 4.74 Å². The topological polar surface area (TPSA) is 66.8 Å². The fraction of sp³-hybridized carbons (Fsp3) is 0.571. The van der Waals surface area contributed by atoms with Crippen LogP contribution in [0, 0.1) is 0 Å². The monoisotopic (exact) mass is 299 g/mol. The van der Waals surface area contributed by atoms with Crippen LogP contribution >= 0.6 is 0 Å². The Bertz CT molecular complexity index is 550. The number of aliphatic hydroxyl groups is 1. The van der Waals surface area contributed by atoms with Gasteiger partial charge in [0.25, 0.3) is 0 Å². The molecule has 0 spiro atoms. The Morgan fingerprint density at radius 2 is 2.00 bits per heavy atom. The summed E-state index contributed by atoms with van der Waals surface area (Å²) in [6.45, 7) is 3.45. The molecular formula is C14H21NO4S. The number of hydrogen-bond acceptors (Lipinski definition) is 4. The van der Waals surface area contributed by atoms with E-state index in [1.165, 1.54) is 10.4 Å². The fourth-order valence-corrected chi connectivity index (χ4v) is 3.84. The van der Waals surface area contributed by atoms with Crippen molar-refractivity contribution in [2.75, 3.05) is 19.7 Å². The summed E-state index contributed by atoms with van der Waals surface area (Å²) in [5.74, 6) is 0.551. The molecular weight excluding hydrogens is 278 g/mol. The van der Waals surface area contributed by atoms with Gasteiger partial charge in [-0.3, -0.25) is 0 Å². The van der Waals surface area contributed by atoms with Crippen LogP contribution in [0.4, 0.5) is 0 Å². The Morgan fingerprint density at radius 1 is 1.30 bits per heavy atom. The zero-order valence-corrected chi connectivity index (χ0v) is 12.5. The summed E-state index contributed by atoms with van der Waals surface area (Å²) >= 11 is 0. The average molecular weight is 299 g/mol. The van der Waals surface area contributed by atoms with Gasteiger partial charge in [-0.25, -0.2) is 8.42 Å². The first-order valence-electron chi connectivity index (χ1n) is 6.96. The molecule has 1 aromatic carbocycles. The van der Waals surface area contributed by atoms with Crippen LogP contribution in [0.2, 0.25) is 0 Å². The summed E-state index contributed by atoms with van der Waals surface area (Å²) in [4.78, 5) is 0.229. The van der Waals surface area contributed by atoms with E-state index in [1.54, 1.807) is 12.1 Å². The third-order valence-corrected chi connectivity index (χ3v) is 5.26. The molecule has 0 radical (unpaired) electrons. The van der Waals surface area contributed by atoms with Gasteiger partial charge in [-0.2, -0.15) is 4.31 Å².